The number of benzene rings is 1. The van der Waals surface area contributed by atoms with Gasteiger partial charge in [0, 0.05) is 45.7 Å². The Morgan fingerprint density at radius 3 is 2.67 bits per heavy atom. The molecule has 1 aromatic rings. The fourth-order valence-electron chi connectivity index (χ4n) is 2.27. The third-order valence-electron chi connectivity index (χ3n) is 3.57. The predicted molar refractivity (Wildman–Crippen MR) is 83.0 cm³/mol. The maximum Gasteiger partial charge on any atom is 0.221 e. The molecular formula is C16H25N3O2. The second kappa shape index (κ2) is 9.50. The number of amides is 1. The average Bonchev–Trinajstić information content (AvgIpc) is 2.54. The van der Waals surface area contributed by atoms with Crippen LogP contribution in [-0.2, 0) is 16.1 Å². The molecule has 5 nitrogen and oxygen atoms in total. The highest BCUT2D eigenvalue weighted by molar-refractivity contribution is 5.76. The molecule has 5 heteroatoms. The van der Waals surface area contributed by atoms with Gasteiger partial charge in [0.25, 0.3) is 0 Å². The second-order valence-corrected chi connectivity index (χ2v) is 5.22. The van der Waals surface area contributed by atoms with Crippen molar-refractivity contribution in [3.8, 4) is 0 Å². The van der Waals surface area contributed by atoms with Crippen molar-refractivity contribution in [2.24, 2.45) is 0 Å². The summed E-state index contributed by atoms with van der Waals surface area (Å²) in [5, 5.41) is 6.25. The van der Waals surface area contributed by atoms with E-state index in [1.54, 1.807) is 0 Å². The fourth-order valence-corrected chi connectivity index (χ4v) is 2.27. The first-order valence-electron chi connectivity index (χ1n) is 7.66. The zero-order valence-corrected chi connectivity index (χ0v) is 12.5. The Morgan fingerprint density at radius 2 is 1.90 bits per heavy atom. The summed E-state index contributed by atoms with van der Waals surface area (Å²) in [4.78, 5) is 14.1. The van der Waals surface area contributed by atoms with Gasteiger partial charge in [0.15, 0.2) is 0 Å². The van der Waals surface area contributed by atoms with Crippen LogP contribution in [0.15, 0.2) is 30.3 Å². The number of morpholine rings is 1. The van der Waals surface area contributed by atoms with Crippen LogP contribution in [0.1, 0.15) is 12.0 Å². The molecule has 0 aromatic heterocycles. The fraction of sp³-hybridized carbons (Fsp3) is 0.562. The first-order valence-corrected chi connectivity index (χ1v) is 7.66. The van der Waals surface area contributed by atoms with Crippen molar-refractivity contribution in [2.75, 3.05) is 45.9 Å². The molecule has 1 aliphatic rings. The number of hydrogen-bond acceptors (Lipinski definition) is 4. The Morgan fingerprint density at radius 1 is 1.14 bits per heavy atom. The molecule has 0 spiro atoms. The van der Waals surface area contributed by atoms with E-state index in [-0.39, 0.29) is 5.91 Å². The monoisotopic (exact) mass is 291 g/mol. The predicted octanol–water partition coefficient (Wildman–Crippen LogP) is 0.615. The van der Waals surface area contributed by atoms with Gasteiger partial charge in [-0.3, -0.25) is 9.69 Å². The molecule has 1 aliphatic heterocycles. The maximum atomic E-state index is 11.7. The van der Waals surface area contributed by atoms with Gasteiger partial charge in [-0.25, -0.2) is 0 Å². The summed E-state index contributed by atoms with van der Waals surface area (Å²) in [5.41, 5.74) is 1.13. The van der Waals surface area contributed by atoms with E-state index in [4.69, 9.17) is 4.74 Å². The van der Waals surface area contributed by atoms with Gasteiger partial charge in [0.05, 0.1) is 13.2 Å². The normalized spacial score (nSPS) is 15.8. The van der Waals surface area contributed by atoms with Crippen LogP contribution in [0.2, 0.25) is 0 Å². The molecule has 2 N–H and O–H groups in total. The van der Waals surface area contributed by atoms with Crippen molar-refractivity contribution in [1.82, 2.24) is 15.5 Å². The van der Waals surface area contributed by atoms with Crippen LogP contribution in [0.4, 0.5) is 0 Å². The minimum absolute atomic E-state index is 0.0951. The minimum atomic E-state index is 0.0951. The first kappa shape index (κ1) is 15.9. The second-order valence-electron chi connectivity index (χ2n) is 5.22. The smallest absolute Gasteiger partial charge is 0.221 e. The molecule has 0 atom stereocenters. The van der Waals surface area contributed by atoms with Gasteiger partial charge in [-0.1, -0.05) is 30.3 Å². The Balaban J connectivity index is 1.47. The summed E-state index contributed by atoms with van der Waals surface area (Å²) < 4.78 is 5.31. The van der Waals surface area contributed by atoms with Gasteiger partial charge >= 0.3 is 0 Å². The van der Waals surface area contributed by atoms with Crippen molar-refractivity contribution < 1.29 is 9.53 Å². The number of nitrogens with one attached hydrogen (secondary N) is 2. The third kappa shape index (κ3) is 6.71. The van der Waals surface area contributed by atoms with Gasteiger partial charge < -0.3 is 15.4 Å². The number of nitrogens with zero attached hydrogens (tertiary/aromatic N) is 1. The zero-order valence-electron chi connectivity index (χ0n) is 12.5. The zero-order chi connectivity index (χ0) is 14.8. The molecule has 0 radical (unpaired) electrons. The largest absolute Gasteiger partial charge is 0.379 e. The van der Waals surface area contributed by atoms with E-state index in [2.05, 4.69) is 15.5 Å². The Hall–Kier alpha value is -1.43. The highest BCUT2D eigenvalue weighted by Crippen LogP contribution is 1.97. The van der Waals surface area contributed by atoms with E-state index in [1.165, 1.54) is 0 Å². The minimum Gasteiger partial charge on any atom is -0.379 e. The van der Waals surface area contributed by atoms with Gasteiger partial charge in [0.2, 0.25) is 5.91 Å². The Bertz CT molecular complexity index is 405. The lowest BCUT2D eigenvalue weighted by atomic mass is 10.2. The van der Waals surface area contributed by atoms with E-state index in [1.807, 2.05) is 30.3 Å². The third-order valence-corrected chi connectivity index (χ3v) is 3.57. The SMILES string of the molecule is O=C(CCNCCN1CCOCC1)NCc1ccccc1. The molecule has 0 bridgehead atoms. The van der Waals surface area contributed by atoms with Gasteiger partial charge in [0.1, 0.15) is 0 Å². The lowest BCUT2D eigenvalue weighted by molar-refractivity contribution is -0.121. The summed E-state index contributed by atoms with van der Waals surface area (Å²) in [6.45, 7) is 6.97. The van der Waals surface area contributed by atoms with E-state index in [0.717, 1.165) is 51.5 Å². The number of carbonyl (C=O) groups excluding carboxylic acids is 1. The van der Waals surface area contributed by atoms with E-state index >= 15 is 0 Å². The molecule has 1 fully saturated rings. The van der Waals surface area contributed by atoms with Crippen LogP contribution in [-0.4, -0.2) is 56.7 Å². The topological polar surface area (TPSA) is 53.6 Å². The van der Waals surface area contributed by atoms with Crippen molar-refractivity contribution in [3.05, 3.63) is 35.9 Å². The van der Waals surface area contributed by atoms with E-state index in [9.17, 15) is 4.79 Å². The average molecular weight is 291 g/mol. The molecule has 1 aromatic carbocycles. The van der Waals surface area contributed by atoms with E-state index < -0.39 is 0 Å². The van der Waals surface area contributed by atoms with Crippen molar-refractivity contribution >= 4 is 5.91 Å². The van der Waals surface area contributed by atoms with Gasteiger partial charge in [-0.05, 0) is 5.56 Å². The number of ether oxygens (including phenoxy) is 1. The lowest BCUT2D eigenvalue weighted by Crippen LogP contribution is -2.40. The van der Waals surface area contributed by atoms with Crippen LogP contribution < -0.4 is 10.6 Å². The molecular weight excluding hydrogens is 266 g/mol. The van der Waals surface area contributed by atoms with Crippen LogP contribution in [0, 0.1) is 0 Å². The summed E-state index contributed by atoms with van der Waals surface area (Å²) in [6.07, 6.45) is 0.524. The van der Waals surface area contributed by atoms with E-state index in [0.29, 0.717) is 13.0 Å². The van der Waals surface area contributed by atoms with Gasteiger partial charge in [-0.15, -0.1) is 0 Å². The number of rotatable bonds is 8. The molecule has 116 valence electrons. The Labute approximate surface area is 126 Å². The summed E-state index contributed by atoms with van der Waals surface area (Å²) in [5.74, 6) is 0.0951. The quantitative estimate of drug-likeness (QED) is 0.689. The van der Waals surface area contributed by atoms with Crippen LogP contribution in [0.5, 0.6) is 0 Å². The number of carbonyl (C=O) groups is 1. The molecule has 2 rings (SSSR count). The number of hydrogen-bond donors (Lipinski definition) is 2. The van der Waals surface area contributed by atoms with Crippen LogP contribution in [0.25, 0.3) is 0 Å². The molecule has 21 heavy (non-hydrogen) atoms. The van der Waals surface area contributed by atoms with Crippen molar-refractivity contribution in [3.63, 3.8) is 0 Å². The molecule has 0 saturated carbocycles. The molecule has 1 amide bonds. The first-order chi connectivity index (χ1) is 10.3. The van der Waals surface area contributed by atoms with Crippen LogP contribution >= 0.6 is 0 Å². The molecule has 1 heterocycles. The summed E-state index contributed by atoms with van der Waals surface area (Å²) >= 11 is 0. The maximum absolute atomic E-state index is 11.7. The van der Waals surface area contributed by atoms with Crippen molar-refractivity contribution in [1.29, 1.82) is 0 Å². The summed E-state index contributed by atoms with van der Waals surface area (Å²) in [7, 11) is 0. The molecule has 0 aliphatic carbocycles. The lowest BCUT2D eigenvalue weighted by Gasteiger charge is -2.26. The Kier molecular flexibility index (Phi) is 7.21. The van der Waals surface area contributed by atoms with Crippen molar-refractivity contribution in [2.45, 2.75) is 13.0 Å². The van der Waals surface area contributed by atoms with Gasteiger partial charge in [-0.2, -0.15) is 0 Å². The standard InChI is InChI=1S/C16H25N3O2/c20-16(18-14-15-4-2-1-3-5-15)6-7-17-8-9-19-10-12-21-13-11-19/h1-5,17H,6-14H2,(H,18,20). The highest BCUT2D eigenvalue weighted by Gasteiger charge is 2.09. The highest BCUT2D eigenvalue weighted by atomic mass is 16.5. The molecule has 0 unspecified atom stereocenters. The summed E-state index contributed by atoms with van der Waals surface area (Å²) in [6, 6.07) is 9.97. The molecule has 1 saturated heterocycles. The van der Waals surface area contributed by atoms with Crippen LogP contribution in [0.3, 0.4) is 0 Å².